The Morgan fingerprint density at radius 2 is 1.27 bits per heavy atom. The van der Waals surface area contributed by atoms with Crippen molar-refractivity contribution in [3.63, 3.8) is 0 Å². The smallest absolute Gasteiger partial charge is 0.123 e. The van der Waals surface area contributed by atoms with E-state index in [9.17, 15) is 0 Å². The van der Waals surface area contributed by atoms with Gasteiger partial charge < -0.3 is 10.2 Å². The molecule has 0 saturated heterocycles. The molecule has 2 aliphatic rings. The average molecular weight is 524 g/mol. The molecule has 0 radical (unpaired) electrons. The predicted molar refractivity (Wildman–Crippen MR) is 171 cm³/mol. The second-order valence-corrected chi connectivity index (χ2v) is 10.6. The van der Waals surface area contributed by atoms with Gasteiger partial charge in [0.15, 0.2) is 0 Å². The molecule has 0 saturated carbocycles. The van der Waals surface area contributed by atoms with Crippen molar-refractivity contribution in [3.8, 4) is 39.4 Å². The van der Waals surface area contributed by atoms with E-state index >= 15 is 0 Å². The number of nitrogens with zero attached hydrogens (tertiary/aromatic N) is 2. The molecule has 3 nitrogen and oxygen atoms in total. The first-order chi connectivity index (χ1) is 20.3. The number of fused-ring (bicyclic) bond motifs is 6. The van der Waals surface area contributed by atoms with Gasteiger partial charge in [-0.25, -0.2) is 0 Å². The van der Waals surface area contributed by atoms with Gasteiger partial charge in [0.1, 0.15) is 6.17 Å². The molecule has 6 aromatic carbocycles. The number of nitriles is 1. The Labute approximate surface area is 238 Å². The predicted octanol–water partition coefficient (Wildman–Crippen LogP) is 9.51. The molecule has 0 amide bonds. The first-order valence-corrected chi connectivity index (χ1v) is 13.9. The summed E-state index contributed by atoms with van der Waals surface area (Å²) in [6.07, 6.45) is 8.65. The summed E-state index contributed by atoms with van der Waals surface area (Å²) in [4.78, 5) is 2.32. The summed E-state index contributed by atoms with van der Waals surface area (Å²) >= 11 is 0. The van der Waals surface area contributed by atoms with Crippen LogP contribution >= 0.6 is 0 Å². The van der Waals surface area contributed by atoms with Gasteiger partial charge in [-0.1, -0.05) is 91.0 Å². The van der Waals surface area contributed by atoms with Crippen LogP contribution in [0.4, 0.5) is 11.4 Å². The van der Waals surface area contributed by atoms with Crippen molar-refractivity contribution in [1.82, 2.24) is 0 Å². The van der Waals surface area contributed by atoms with E-state index in [1.54, 1.807) is 0 Å². The van der Waals surface area contributed by atoms with E-state index < -0.39 is 0 Å². The molecule has 0 spiro atoms. The standard InChI is InChI=1S/C38H25N3/c39-24-25-12-14-26(15-13-25)27-16-18-28(19-17-27)30-22-35(38-36(23-30)41-20-6-5-11-37(41)40-38)34-21-29-7-1-2-8-31(29)32-9-3-4-10-33(32)34/h1-23,37,40H. The number of hydrogen-bond acceptors (Lipinski definition) is 3. The number of nitrogens with one attached hydrogen (secondary N) is 1. The minimum atomic E-state index is 0.0921. The van der Waals surface area contributed by atoms with Crippen LogP contribution in [0.5, 0.6) is 0 Å². The van der Waals surface area contributed by atoms with E-state index in [0.29, 0.717) is 5.56 Å². The van der Waals surface area contributed by atoms with E-state index in [-0.39, 0.29) is 6.17 Å². The highest BCUT2D eigenvalue weighted by Crippen LogP contribution is 2.48. The molecular formula is C38H25N3. The van der Waals surface area contributed by atoms with Crippen molar-refractivity contribution in [3.05, 3.63) is 145 Å². The Bertz CT molecular complexity index is 2080. The summed E-state index contributed by atoms with van der Waals surface area (Å²) in [7, 11) is 0. The van der Waals surface area contributed by atoms with Crippen molar-refractivity contribution >= 4 is 32.9 Å². The maximum Gasteiger partial charge on any atom is 0.123 e. The zero-order valence-corrected chi connectivity index (χ0v) is 22.3. The minimum absolute atomic E-state index is 0.0921. The minimum Gasteiger partial charge on any atom is -0.359 e. The van der Waals surface area contributed by atoms with Crippen molar-refractivity contribution in [2.45, 2.75) is 6.17 Å². The van der Waals surface area contributed by atoms with Crippen molar-refractivity contribution < 1.29 is 0 Å². The van der Waals surface area contributed by atoms with Gasteiger partial charge in [0, 0.05) is 11.8 Å². The summed E-state index contributed by atoms with van der Waals surface area (Å²) < 4.78 is 0. The third-order valence-corrected chi connectivity index (χ3v) is 8.26. The van der Waals surface area contributed by atoms with E-state index in [4.69, 9.17) is 5.26 Å². The molecule has 1 unspecified atom stereocenters. The van der Waals surface area contributed by atoms with Crippen molar-refractivity contribution in [1.29, 1.82) is 5.26 Å². The lowest BCUT2D eigenvalue weighted by atomic mass is 9.90. The Kier molecular flexibility index (Phi) is 5.26. The molecule has 2 aliphatic heterocycles. The molecule has 0 bridgehead atoms. The number of benzene rings is 6. The molecule has 0 fully saturated rings. The van der Waals surface area contributed by atoms with Crippen LogP contribution in [0.2, 0.25) is 0 Å². The lowest BCUT2D eigenvalue weighted by Crippen LogP contribution is -2.30. The molecule has 6 aromatic rings. The lowest BCUT2D eigenvalue weighted by Gasteiger charge is -2.22. The fourth-order valence-corrected chi connectivity index (χ4v) is 6.22. The summed E-state index contributed by atoms with van der Waals surface area (Å²) in [6.45, 7) is 0. The fourth-order valence-electron chi connectivity index (χ4n) is 6.22. The van der Waals surface area contributed by atoms with Gasteiger partial charge in [-0.2, -0.15) is 5.26 Å². The van der Waals surface area contributed by atoms with Gasteiger partial charge >= 0.3 is 0 Å². The molecule has 1 N–H and O–H groups in total. The van der Waals surface area contributed by atoms with Crippen LogP contribution < -0.4 is 10.2 Å². The topological polar surface area (TPSA) is 39.1 Å². The molecule has 0 aromatic heterocycles. The van der Waals surface area contributed by atoms with Crippen LogP contribution in [0.25, 0.3) is 54.9 Å². The Morgan fingerprint density at radius 1 is 0.610 bits per heavy atom. The second kappa shape index (κ2) is 9.26. The van der Waals surface area contributed by atoms with Crippen LogP contribution in [-0.4, -0.2) is 6.17 Å². The molecular weight excluding hydrogens is 498 g/mol. The van der Waals surface area contributed by atoms with Gasteiger partial charge in [-0.3, -0.25) is 0 Å². The fraction of sp³-hybridized carbons (Fsp3) is 0.0263. The quantitative estimate of drug-likeness (QED) is 0.235. The van der Waals surface area contributed by atoms with Gasteiger partial charge in [0.25, 0.3) is 0 Å². The normalized spacial score (nSPS) is 15.0. The van der Waals surface area contributed by atoms with E-state index in [0.717, 1.165) is 22.4 Å². The van der Waals surface area contributed by atoms with E-state index in [2.05, 4.69) is 132 Å². The van der Waals surface area contributed by atoms with Crippen molar-refractivity contribution in [2.24, 2.45) is 0 Å². The summed E-state index contributed by atoms with van der Waals surface area (Å²) in [5, 5.41) is 18.0. The molecule has 41 heavy (non-hydrogen) atoms. The van der Waals surface area contributed by atoms with Gasteiger partial charge in [0.2, 0.25) is 0 Å². The highest BCUT2D eigenvalue weighted by molar-refractivity contribution is 6.15. The van der Waals surface area contributed by atoms with Gasteiger partial charge in [0.05, 0.1) is 23.0 Å². The van der Waals surface area contributed by atoms with Crippen LogP contribution in [0.1, 0.15) is 5.56 Å². The zero-order chi connectivity index (χ0) is 27.3. The summed E-state index contributed by atoms with van der Waals surface area (Å²) in [5.74, 6) is 0. The Morgan fingerprint density at radius 3 is 2.02 bits per heavy atom. The largest absolute Gasteiger partial charge is 0.359 e. The number of rotatable bonds is 3. The molecule has 8 rings (SSSR count). The molecule has 1 atom stereocenters. The van der Waals surface area contributed by atoms with Crippen LogP contribution in [0.15, 0.2) is 140 Å². The highest BCUT2D eigenvalue weighted by atomic mass is 15.3. The van der Waals surface area contributed by atoms with Gasteiger partial charge in [-0.05, 0) is 91.8 Å². The number of anilines is 2. The van der Waals surface area contributed by atoms with Crippen LogP contribution in [0, 0.1) is 11.3 Å². The SMILES string of the molecule is N#Cc1ccc(-c2ccc(-c3cc(-c4cc5ccccc5c5ccccc45)c4c(c3)N3C=CC=CC3N4)cc2)cc1. The Hall–Kier alpha value is -5.59. The first kappa shape index (κ1) is 23.3. The van der Waals surface area contributed by atoms with Gasteiger partial charge in [-0.15, -0.1) is 0 Å². The average Bonchev–Trinajstić information content (AvgIpc) is 3.43. The monoisotopic (exact) mass is 523 g/mol. The van der Waals surface area contributed by atoms with E-state index in [1.807, 2.05) is 24.3 Å². The van der Waals surface area contributed by atoms with Crippen LogP contribution in [-0.2, 0) is 0 Å². The molecule has 192 valence electrons. The zero-order valence-electron chi connectivity index (χ0n) is 22.3. The third-order valence-electron chi connectivity index (χ3n) is 8.26. The van der Waals surface area contributed by atoms with E-state index in [1.165, 1.54) is 43.9 Å². The number of hydrogen-bond donors (Lipinski definition) is 1. The summed E-state index contributed by atoms with van der Waals surface area (Å²) in [5.41, 5.74) is 10.0. The lowest BCUT2D eigenvalue weighted by molar-refractivity contribution is 0.908. The molecule has 0 aliphatic carbocycles. The highest BCUT2D eigenvalue weighted by Gasteiger charge is 2.30. The number of allylic oxidation sites excluding steroid dienone is 2. The maximum absolute atomic E-state index is 9.15. The maximum atomic E-state index is 9.15. The molecule has 3 heteroatoms. The summed E-state index contributed by atoms with van der Waals surface area (Å²) in [6, 6.07) is 43.1. The molecule has 2 heterocycles. The van der Waals surface area contributed by atoms with Crippen molar-refractivity contribution in [2.75, 3.05) is 10.2 Å². The Balaban J connectivity index is 1.32. The first-order valence-electron chi connectivity index (χ1n) is 13.9. The van der Waals surface area contributed by atoms with Crippen LogP contribution in [0.3, 0.4) is 0 Å². The second-order valence-electron chi connectivity index (χ2n) is 10.6. The third kappa shape index (κ3) is 3.81.